The van der Waals surface area contributed by atoms with E-state index in [-0.39, 0.29) is 22.9 Å². The molecule has 1 saturated heterocycles. The van der Waals surface area contributed by atoms with E-state index in [9.17, 15) is 15.3 Å². The van der Waals surface area contributed by atoms with Gasteiger partial charge >= 0.3 is 0 Å². The Morgan fingerprint density at radius 3 is 2.69 bits per heavy atom. The van der Waals surface area contributed by atoms with Crippen molar-refractivity contribution in [1.29, 1.82) is 0 Å². The van der Waals surface area contributed by atoms with Crippen molar-refractivity contribution in [3.63, 3.8) is 0 Å². The monoisotopic (exact) mass is 361 g/mol. The Bertz CT molecular complexity index is 623. The lowest BCUT2D eigenvalue weighted by Gasteiger charge is -2.73. The van der Waals surface area contributed by atoms with Crippen molar-refractivity contribution in [3.05, 3.63) is 12.2 Å². The second-order valence-electron chi connectivity index (χ2n) is 10.6. The maximum Gasteiger partial charge on any atom is 0.0834 e. The Balaban J connectivity index is 1.62. The van der Waals surface area contributed by atoms with Gasteiger partial charge in [-0.15, -0.1) is 0 Å². The highest BCUT2D eigenvalue weighted by Gasteiger charge is 2.72. The van der Waals surface area contributed by atoms with Gasteiger partial charge in [0.05, 0.1) is 18.8 Å². The number of β-amino-alcohol motifs (C(OH)–C–C–N with tert-alkyl or cyclic N) is 1. The molecule has 146 valence electrons. The van der Waals surface area contributed by atoms with Crippen molar-refractivity contribution >= 4 is 0 Å². The van der Waals surface area contributed by atoms with Gasteiger partial charge in [-0.2, -0.15) is 0 Å². The molecule has 0 radical (unpaired) electrons. The Morgan fingerprint density at radius 1 is 1.12 bits per heavy atom. The molecular weight excluding hydrogens is 326 g/mol. The third kappa shape index (κ3) is 1.95. The fraction of sp³-hybridized carbons (Fsp3) is 0.909. The number of nitrogens with zero attached hydrogens (tertiary/aromatic N) is 1. The highest BCUT2D eigenvalue weighted by molar-refractivity contribution is 5.29. The molecule has 6 rings (SSSR count). The fourth-order valence-corrected chi connectivity index (χ4v) is 8.82. The van der Waals surface area contributed by atoms with Crippen LogP contribution in [0, 0.1) is 34.0 Å². The van der Waals surface area contributed by atoms with Crippen molar-refractivity contribution < 1.29 is 15.3 Å². The Hall–Kier alpha value is -0.420. The molecule has 1 heterocycles. The van der Waals surface area contributed by atoms with Crippen LogP contribution in [0.15, 0.2) is 12.2 Å². The summed E-state index contributed by atoms with van der Waals surface area (Å²) in [7, 11) is 0. The number of hydrogen-bond donors (Lipinski definition) is 3. The van der Waals surface area contributed by atoms with E-state index in [1.807, 2.05) is 0 Å². The average Bonchev–Trinajstić information content (AvgIpc) is 2.60. The number of aliphatic hydroxyl groups excluding tert-OH is 3. The summed E-state index contributed by atoms with van der Waals surface area (Å²) in [4.78, 5) is 2.49. The van der Waals surface area contributed by atoms with Crippen molar-refractivity contribution in [2.75, 3.05) is 26.2 Å². The summed E-state index contributed by atoms with van der Waals surface area (Å²) < 4.78 is 0. The van der Waals surface area contributed by atoms with E-state index < -0.39 is 12.2 Å². The molecule has 4 bridgehead atoms. The Kier molecular flexibility index (Phi) is 3.78. The van der Waals surface area contributed by atoms with Gasteiger partial charge in [0, 0.05) is 25.0 Å². The summed E-state index contributed by atoms with van der Waals surface area (Å²) in [6, 6.07) is 0. The largest absolute Gasteiger partial charge is 0.395 e. The van der Waals surface area contributed by atoms with Gasteiger partial charge in [0.2, 0.25) is 0 Å². The fourth-order valence-electron chi connectivity index (χ4n) is 8.82. The Labute approximate surface area is 157 Å². The summed E-state index contributed by atoms with van der Waals surface area (Å²) in [5.74, 6) is 1.37. The topological polar surface area (TPSA) is 63.9 Å². The normalized spacial score (nSPS) is 56.2. The van der Waals surface area contributed by atoms with E-state index in [1.165, 1.54) is 19.3 Å². The molecule has 0 unspecified atom stereocenters. The average molecular weight is 362 g/mol. The molecule has 0 aromatic rings. The van der Waals surface area contributed by atoms with Gasteiger partial charge in [-0.25, -0.2) is 0 Å². The zero-order valence-corrected chi connectivity index (χ0v) is 16.2. The predicted octanol–water partition coefficient (Wildman–Crippen LogP) is 2.19. The lowest BCUT2D eigenvalue weighted by Crippen LogP contribution is -2.74. The van der Waals surface area contributed by atoms with E-state index in [0.717, 1.165) is 50.9 Å². The van der Waals surface area contributed by atoms with E-state index in [4.69, 9.17) is 0 Å². The van der Waals surface area contributed by atoms with Crippen LogP contribution in [0.5, 0.6) is 0 Å². The highest BCUT2D eigenvalue weighted by Crippen LogP contribution is 2.73. The van der Waals surface area contributed by atoms with Gasteiger partial charge in [-0.1, -0.05) is 19.9 Å². The zero-order chi connectivity index (χ0) is 18.3. The zero-order valence-electron chi connectivity index (χ0n) is 16.2. The number of rotatable bonds is 2. The van der Waals surface area contributed by atoms with Crippen LogP contribution in [-0.4, -0.2) is 58.7 Å². The minimum atomic E-state index is -0.535. The molecule has 3 N–H and O–H groups in total. The summed E-state index contributed by atoms with van der Waals surface area (Å²) in [6.07, 6.45) is 6.77. The van der Waals surface area contributed by atoms with Crippen molar-refractivity contribution in [1.82, 2.24) is 4.90 Å². The van der Waals surface area contributed by atoms with E-state index in [0.29, 0.717) is 17.8 Å². The van der Waals surface area contributed by atoms with Crippen LogP contribution in [-0.2, 0) is 0 Å². The third-order valence-corrected chi connectivity index (χ3v) is 9.70. The van der Waals surface area contributed by atoms with Gasteiger partial charge in [-0.05, 0) is 72.7 Å². The molecule has 26 heavy (non-hydrogen) atoms. The van der Waals surface area contributed by atoms with Crippen LogP contribution in [0.1, 0.15) is 51.9 Å². The van der Waals surface area contributed by atoms with Crippen LogP contribution >= 0.6 is 0 Å². The Morgan fingerprint density at radius 2 is 1.92 bits per heavy atom. The van der Waals surface area contributed by atoms with E-state index in [1.54, 1.807) is 0 Å². The molecule has 0 aromatic heterocycles. The number of likely N-dealkylation sites (tertiary alicyclic amines) is 1. The first-order valence-corrected chi connectivity index (χ1v) is 10.8. The smallest absolute Gasteiger partial charge is 0.0834 e. The first kappa shape index (κ1) is 17.7. The molecular formula is C22H35NO3. The third-order valence-electron chi connectivity index (χ3n) is 9.70. The van der Waals surface area contributed by atoms with Gasteiger partial charge < -0.3 is 15.3 Å². The first-order valence-electron chi connectivity index (χ1n) is 10.8. The number of hydrogen-bond acceptors (Lipinski definition) is 4. The standard InChI is InChI=1S/C22H35NO3/c1-14-15-4-7-22(19(14)26)17(10-15)21-6-3-5-20(2,16(21)11-18(22)25)12-23(13-21)8-9-24/h15-19,24-26H,1,3-13H2,2H3/t15-,16+,17-,18+,19+,20-,21-,22+/m0/s1. The summed E-state index contributed by atoms with van der Waals surface area (Å²) in [6.45, 7) is 9.72. The minimum Gasteiger partial charge on any atom is -0.395 e. The molecule has 6 aliphatic rings. The SMILES string of the molecule is C=C1[C@H]2CC[C@@]3([C@H](O)C[C@@H]4[C@@]5(C)CCC[C@@]4(CN(CCO)C5)[C@@H]3C2)[C@@H]1O. The minimum absolute atomic E-state index is 0.194. The van der Waals surface area contributed by atoms with Crippen LogP contribution in [0.4, 0.5) is 0 Å². The second kappa shape index (κ2) is 5.56. The van der Waals surface area contributed by atoms with E-state index in [2.05, 4.69) is 18.4 Å². The van der Waals surface area contributed by atoms with Gasteiger partial charge in [-0.3, -0.25) is 4.90 Å². The van der Waals surface area contributed by atoms with Crippen LogP contribution in [0.3, 0.4) is 0 Å². The lowest BCUT2D eigenvalue weighted by atomic mass is 9.34. The lowest BCUT2D eigenvalue weighted by molar-refractivity contribution is -0.276. The molecule has 8 atom stereocenters. The van der Waals surface area contributed by atoms with Crippen LogP contribution < -0.4 is 0 Å². The number of piperidine rings is 1. The summed E-state index contributed by atoms with van der Waals surface area (Å²) in [5.41, 5.74) is 1.04. The quantitative estimate of drug-likeness (QED) is 0.660. The maximum atomic E-state index is 11.4. The van der Waals surface area contributed by atoms with Gasteiger partial charge in [0.25, 0.3) is 0 Å². The number of aliphatic hydroxyl groups is 3. The molecule has 4 nitrogen and oxygen atoms in total. The molecule has 1 aliphatic heterocycles. The van der Waals surface area contributed by atoms with E-state index >= 15 is 0 Å². The molecule has 1 spiro atoms. The maximum absolute atomic E-state index is 11.4. The summed E-state index contributed by atoms with van der Waals surface area (Å²) in [5, 5.41) is 32.2. The molecule has 4 heteroatoms. The van der Waals surface area contributed by atoms with Crippen molar-refractivity contribution in [2.24, 2.45) is 34.0 Å². The molecule has 5 saturated carbocycles. The number of fused-ring (bicyclic) bond motifs is 2. The highest BCUT2D eigenvalue weighted by atomic mass is 16.3. The summed E-state index contributed by atoms with van der Waals surface area (Å²) >= 11 is 0. The van der Waals surface area contributed by atoms with Crippen molar-refractivity contribution in [3.8, 4) is 0 Å². The molecule has 5 aliphatic carbocycles. The first-order chi connectivity index (χ1) is 12.4. The van der Waals surface area contributed by atoms with Crippen molar-refractivity contribution in [2.45, 2.75) is 64.1 Å². The van der Waals surface area contributed by atoms with Crippen LogP contribution in [0.25, 0.3) is 0 Å². The van der Waals surface area contributed by atoms with Gasteiger partial charge in [0.1, 0.15) is 0 Å². The second-order valence-corrected chi connectivity index (χ2v) is 10.6. The van der Waals surface area contributed by atoms with Gasteiger partial charge in [0.15, 0.2) is 0 Å². The molecule has 0 aromatic carbocycles. The molecule has 0 amide bonds. The molecule has 6 fully saturated rings. The predicted molar refractivity (Wildman–Crippen MR) is 100 cm³/mol. The van der Waals surface area contributed by atoms with Crippen LogP contribution in [0.2, 0.25) is 0 Å².